The van der Waals surface area contributed by atoms with Crippen molar-refractivity contribution in [2.45, 2.75) is 38.0 Å². The third-order valence-corrected chi connectivity index (χ3v) is 6.47. The van der Waals surface area contributed by atoms with E-state index in [0.717, 1.165) is 33.2 Å². The molecule has 0 N–H and O–H groups in total. The van der Waals surface area contributed by atoms with Crippen LogP contribution in [0.3, 0.4) is 0 Å². The highest BCUT2D eigenvalue weighted by Gasteiger charge is 2.18. The van der Waals surface area contributed by atoms with E-state index in [1.54, 1.807) is 28.0 Å². The molecule has 0 aliphatic carbocycles. The van der Waals surface area contributed by atoms with E-state index in [9.17, 15) is 4.79 Å². The zero-order valence-electron chi connectivity index (χ0n) is 15.4. The van der Waals surface area contributed by atoms with Crippen molar-refractivity contribution >= 4 is 29.0 Å². The maximum atomic E-state index is 13.0. The van der Waals surface area contributed by atoms with Crippen molar-refractivity contribution in [1.82, 2.24) is 10.1 Å². The van der Waals surface area contributed by atoms with Crippen LogP contribution in [0.4, 0.5) is 0 Å². The van der Waals surface area contributed by atoms with Crippen LogP contribution in [0.1, 0.15) is 37.8 Å². The molecule has 3 aromatic rings. The van der Waals surface area contributed by atoms with E-state index >= 15 is 0 Å². The van der Waals surface area contributed by atoms with Crippen molar-refractivity contribution in [1.29, 1.82) is 0 Å². The van der Waals surface area contributed by atoms with Crippen molar-refractivity contribution in [2.24, 2.45) is 0 Å². The lowest BCUT2D eigenvalue weighted by atomic mass is 10.2. The van der Waals surface area contributed by atoms with Gasteiger partial charge in [0.15, 0.2) is 0 Å². The number of hydrogen-bond acceptors (Lipinski definition) is 5. The number of benzene rings is 1. The fourth-order valence-electron chi connectivity index (χ4n) is 2.69. The van der Waals surface area contributed by atoms with Gasteiger partial charge in [-0.1, -0.05) is 17.3 Å². The van der Waals surface area contributed by atoms with E-state index in [2.05, 4.69) is 23.5 Å². The number of thiophene rings is 1. The van der Waals surface area contributed by atoms with E-state index < -0.39 is 0 Å². The Morgan fingerprint density at radius 1 is 1.23 bits per heavy atom. The van der Waals surface area contributed by atoms with Crippen molar-refractivity contribution in [3.05, 3.63) is 68.7 Å². The first kappa shape index (κ1) is 18.7. The van der Waals surface area contributed by atoms with Crippen LogP contribution < -0.4 is 0 Å². The molecule has 2 heterocycles. The van der Waals surface area contributed by atoms with Gasteiger partial charge in [-0.3, -0.25) is 4.79 Å². The Kier molecular flexibility index (Phi) is 5.84. The van der Waals surface area contributed by atoms with Crippen LogP contribution >= 0.6 is 23.1 Å². The number of aryl methyl sites for hydroxylation is 3. The zero-order valence-corrected chi connectivity index (χ0v) is 17.0. The van der Waals surface area contributed by atoms with Gasteiger partial charge in [-0.15, -0.1) is 23.1 Å². The van der Waals surface area contributed by atoms with Crippen molar-refractivity contribution < 1.29 is 9.32 Å². The number of amides is 1. The fraction of sp³-hybridized carbons (Fsp3) is 0.300. The van der Waals surface area contributed by atoms with Crippen molar-refractivity contribution in [3.63, 3.8) is 0 Å². The minimum Gasteiger partial charge on any atom is -0.361 e. The predicted octanol–water partition coefficient (Wildman–Crippen LogP) is 5.23. The van der Waals surface area contributed by atoms with Crippen LogP contribution in [-0.2, 0) is 12.3 Å². The summed E-state index contributed by atoms with van der Waals surface area (Å²) in [5, 5.41) is 6.07. The van der Waals surface area contributed by atoms with Crippen LogP contribution in [0.5, 0.6) is 0 Å². The molecule has 1 aromatic carbocycles. The third-order valence-electron chi connectivity index (χ3n) is 4.37. The molecule has 0 unspecified atom stereocenters. The highest BCUT2D eigenvalue weighted by molar-refractivity contribution is 7.98. The second kappa shape index (κ2) is 8.10. The molecular formula is C20H22N2O2S2. The average Bonchev–Trinajstić information content (AvgIpc) is 3.18. The summed E-state index contributed by atoms with van der Waals surface area (Å²) in [6.07, 6.45) is 0. The summed E-state index contributed by atoms with van der Waals surface area (Å²) >= 11 is 3.33. The Labute approximate surface area is 162 Å². The lowest BCUT2D eigenvalue weighted by Gasteiger charge is -2.19. The Balaban J connectivity index is 1.75. The van der Waals surface area contributed by atoms with Gasteiger partial charge in [0.1, 0.15) is 5.76 Å². The molecule has 0 aliphatic heterocycles. The van der Waals surface area contributed by atoms with Crippen LogP contribution in [0.2, 0.25) is 0 Å². The predicted molar refractivity (Wildman–Crippen MR) is 107 cm³/mol. The van der Waals surface area contributed by atoms with Gasteiger partial charge in [0, 0.05) is 28.1 Å². The molecule has 0 bridgehead atoms. The van der Waals surface area contributed by atoms with Gasteiger partial charge in [-0.2, -0.15) is 0 Å². The molecular weight excluding hydrogens is 364 g/mol. The Morgan fingerprint density at radius 3 is 2.65 bits per heavy atom. The maximum Gasteiger partial charge on any atom is 0.255 e. The van der Waals surface area contributed by atoms with Gasteiger partial charge in [-0.05, 0) is 49.9 Å². The van der Waals surface area contributed by atoms with E-state index in [1.807, 2.05) is 45.2 Å². The molecule has 0 aliphatic rings. The normalized spacial score (nSPS) is 10.9. The number of nitrogens with zero attached hydrogens (tertiary/aromatic N) is 2. The van der Waals surface area contributed by atoms with E-state index in [1.165, 1.54) is 10.4 Å². The summed E-state index contributed by atoms with van der Waals surface area (Å²) in [5.74, 6) is 1.61. The number of rotatable bonds is 6. The van der Waals surface area contributed by atoms with Crippen molar-refractivity contribution in [3.8, 4) is 0 Å². The van der Waals surface area contributed by atoms with E-state index in [0.29, 0.717) is 6.54 Å². The first-order valence-corrected chi connectivity index (χ1v) is 10.3. The largest absolute Gasteiger partial charge is 0.361 e. The molecule has 0 saturated heterocycles. The topological polar surface area (TPSA) is 46.3 Å². The Bertz CT molecular complexity index is 895. The first-order chi connectivity index (χ1) is 12.5. The molecule has 0 atom stereocenters. The Hall–Kier alpha value is -2.05. The molecule has 1 amide bonds. The van der Waals surface area contributed by atoms with Gasteiger partial charge in [-0.25, -0.2) is 0 Å². The molecule has 0 saturated carbocycles. The second-order valence-corrected chi connectivity index (χ2v) is 8.29. The summed E-state index contributed by atoms with van der Waals surface area (Å²) in [6.45, 7) is 6.58. The maximum absolute atomic E-state index is 13.0. The van der Waals surface area contributed by atoms with Crippen LogP contribution in [-0.4, -0.2) is 23.0 Å². The third kappa shape index (κ3) is 4.02. The zero-order chi connectivity index (χ0) is 18.7. The lowest BCUT2D eigenvalue weighted by Crippen LogP contribution is -2.26. The van der Waals surface area contributed by atoms with Crippen molar-refractivity contribution in [2.75, 3.05) is 7.05 Å². The number of carbonyl (C=O) groups is 1. The average molecular weight is 387 g/mol. The summed E-state index contributed by atoms with van der Waals surface area (Å²) in [6, 6.07) is 9.87. The number of aromatic nitrogens is 1. The van der Waals surface area contributed by atoms with E-state index in [4.69, 9.17) is 4.52 Å². The standard InChI is InChI=1S/C20H22N2O2S2/c1-13-9-10-25-19(13)11-22(4)20(23)16-7-5-6-8-18(16)26-12-17-14(2)21-24-15(17)3/h5-10H,11-12H2,1-4H3. The van der Waals surface area contributed by atoms with Crippen LogP contribution in [0, 0.1) is 20.8 Å². The number of carbonyl (C=O) groups excluding carboxylic acids is 1. The van der Waals surface area contributed by atoms with Gasteiger partial charge in [0.2, 0.25) is 0 Å². The van der Waals surface area contributed by atoms with Gasteiger partial charge < -0.3 is 9.42 Å². The van der Waals surface area contributed by atoms with Crippen LogP contribution in [0.25, 0.3) is 0 Å². The summed E-state index contributed by atoms with van der Waals surface area (Å²) in [4.78, 5) is 17.0. The molecule has 2 aromatic heterocycles. The molecule has 0 spiro atoms. The SMILES string of the molecule is Cc1ccsc1CN(C)C(=O)c1ccccc1SCc1c(C)noc1C. The summed E-state index contributed by atoms with van der Waals surface area (Å²) < 4.78 is 5.23. The molecule has 0 radical (unpaired) electrons. The molecule has 26 heavy (non-hydrogen) atoms. The Morgan fingerprint density at radius 2 is 2.00 bits per heavy atom. The second-order valence-electron chi connectivity index (χ2n) is 6.28. The molecule has 3 rings (SSSR count). The summed E-state index contributed by atoms with van der Waals surface area (Å²) in [7, 11) is 1.86. The minimum atomic E-state index is 0.0414. The molecule has 4 nitrogen and oxygen atoms in total. The van der Waals surface area contributed by atoms with Crippen LogP contribution in [0.15, 0.2) is 45.1 Å². The van der Waals surface area contributed by atoms with Gasteiger partial charge in [0.25, 0.3) is 5.91 Å². The quantitative estimate of drug-likeness (QED) is 0.545. The molecule has 6 heteroatoms. The highest BCUT2D eigenvalue weighted by Crippen LogP contribution is 2.29. The monoisotopic (exact) mass is 386 g/mol. The number of hydrogen-bond donors (Lipinski definition) is 0. The minimum absolute atomic E-state index is 0.0414. The lowest BCUT2D eigenvalue weighted by molar-refractivity contribution is 0.0783. The van der Waals surface area contributed by atoms with E-state index in [-0.39, 0.29) is 5.91 Å². The molecule has 0 fully saturated rings. The smallest absolute Gasteiger partial charge is 0.255 e. The highest BCUT2D eigenvalue weighted by atomic mass is 32.2. The molecule has 136 valence electrons. The fourth-order valence-corrected chi connectivity index (χ4v) is 4.84. The number of thioether (sulfide) groups is 1. The summed E-state index contributed by atoms with van der Waals surface area (Å²) in [5.41, 5.74) is 3.97. The van der Waals surface area contributed by atoms with Gasteiger partial charge >= 0.3 is 0 Å². The van der Waals surface area contributed by atoms with Gasteiger partial charge in [0.05, 0.1) is 17.8 Å². The first-order valence-electron chi connectivity index (χ1n) is 8.39.